The lowest BCUT2D eigenvalue weighted by atomic mass is 10.2. The predicted molar refractivity (Wildman–Crippen MR) is 108 cm³/mol. The van der Waals surface area contributed by atoms with Crippen LogP contribution in [0, 0.1) is 0 Å². The van der Waals surface area contributed by atoms with Gasteiger partial charge in [-0.1, -0.05) is 11.2 Å². The van der Waals surface area contributed by atoms with Crippen molar-refractivity contribution in [3.05, 3.63) is 48.8 Å². The second-order valence-corrected chi connectivity index (χ2v) is 7.00. The number of rotatable bonds is 4. The van der Waals surface area contributed by atoms with Crippen LogP contribution in [0.5, 0.6) is 0 Å². The van der Waals surface area contributed by atoms with Crippen molar-refractivity contribution in [2.75, 3.05) is 38.1 Å². The summed E-state index contributed by atoms with van der Waals surface area (Å²) in [6.45, 7) is 3.96. The maximum atomic E-state index is 5.46. The molecule has 4 aromatic rings. The van der Waals surface area contributed by atoms with Gasteiger partial charge < -0.3 is 14.3 Å². The Labute approximate surface area is 167 Å². The van der Waals surface area contributed by atoms with Crippen LogP contribution in [0.3, 0.4) is 0 Å². The van der Waals surface area contributed by atoms with E-state index in [1.807, 2.05) is 36.4 Å². The second kappa shape index (κ2) is 7.44. The summed E-state index contributed by atoms with van der Waals surface area (Å²) in [4.78, 5) is 17.9. The zero-order valence-electron chi connectivity index (χ0n) is 16.0. The molecule has 0 spiro atoms. The Balaban J connectivity index is 1.38. The Kier molecular flexibility index (Phi) is 4.49. The fourth-order valence-corrected chi connectivity index (χ4v) is 3.29. The molecule has 0 radical (unpaired) electrons. The van der Waals surface area contributed by atoms with E-state index >= 15 is 0 Å². The van der Waals surface area contributed by atoms with Crippen LogP contribution in [-0.4, -0.2) is 68.4 Å². The molecule has 1 fully saturated rings. The van der Waals surface area contributed by atoms with Crippen LogP contribution in [0.2, 0.25) is 0 Å². The Morgan fingerprint density at radius 3 is 2.69 bits per heavy atom. The van der Waals surface area contributed by atoms with Crippen molar-refractivity contribution in [1.82, 2.24) is 35.2 Å². The summed E-state index contributed by atoms with van der Waals surface area (Å²) in [5, 5.41) is 11.4. The van der Waals surface area contributed by atoms with Crippen LogP contribution < -0.4 is 4.90 Å². The maximum absolute atomic E-state index is 5.46. The lowest BCUT2D eigenvalue weighted by Gasteiger charge is -2.33. The van der Waals surface area contributed by atoms with E-state index in [1.54, 1.807) is 12.4 Å². The van der Waals surface area contributed by atoms with Crippen molar-refractivity contribution in [1.29, 1.82) is 0 Å². The van der Waals surface area contributed by atoms with Gasteiger partial charge in [-0.05, 0) is 37.4 Å². The van der Waals surface area contributed by atoms with Gasteiger partial charge in [-0.2, -0.15) is 10.1 Å². The highest BCUT2D eigenvalue weighted by molar-refractivity contribution is 5.64. The van der Waals surface area contributed by atoms with Gasteiger partial charge in [0.05, 0.1) is 5.69 Å². The number of aromatic nitrogens is 6. The normalized spacial score (nSPS) is 15.0. The molecule has 5 rings (SSSR count). The zero-order valence-corrected chi connectivity index (χ0v) is 16.0. The summed E-state index contributed by atoms with van der Waals surface area (Å²) >= 11 is 0. The van der Waals surface area contributed by atoms with Gasteiger partial charge >= 0.3 is 0 Å². The van der Waals surface area contributed by atoms with E-state index in [0.717, 1.165) is 48.9 Å². The minimum Gasteiger partial charge on any atom is -0.354 e. The van der Waals surface area contributed by atoms with Crippen LogP contribution in [-0.2, 0) is 0 Å². The molecule has 146 valence electrons. The predicted octanol–water partition coefficient (Wildman–Crippen LogP) is 2.34. The molecular formula is C20H20N8O. The molecule has 4 aromatic heterocycles. The number of hydrogen-bond acceptors (Lipinski definition) is 8. The number of pyridine rings is 2. The van der Waals surface area contributed by atoms with Crippen molar-refractivity contribution < 1.29 is 4.52 Å². The zero-order chi connectivity index (χ0) is 19.6. The topological polar surface area (TPSA) is 99.9 Å². The van der Waals surface area contributed by atoms with E-state index in [1.165, 1.54) is 0 Å². The molecule has 0 amide bonds. The molecular weight excluding hydrogens is 368 g/mol. The average molecular weight is 388 g/mol. The molecule has 9 heteroatoms. The maximum Gasteiger partial charge on any atom is 0.276 e. The van der Waals surface area contributed by atoms with E-state index in [2.05, 4.69) is 47.2 Å². The van der Waals surface area contributed by atoms with Gasteiger partial charge in [-0.3, -0.25) is 10.1 Å². The van der Waals surface area contributed by atoms with E-state index in [0.29, 0.717) is 17.4 Å². The number of H-pyrrole nitrogens is 1. The molecule has 0 atom stereocenters. The van der Waals surface area contributed by atoms with Crippen LogP contribution in [0.15, 0.2) is 53.3 Å². The number of anilines is 1. The van der Waals surface area contributed by atoms with Crippen LogP contribution in [0.25, 0.3) is 34.4 Å². The van der Waals surface area contributed by atoms with Gasteiger partial charge in [0.25, 0.3) is 5.89 Å². The first kappa shape index (κ1) is 17.5. The lowest BCUT2D eigenvalue weighted by molar-refractivity contribution is 0.312. The largest absolute Gasteiger partial charge is 0.354 e. The van der Waals surface area contributed by atoms with Gasteiger partial charge in [0.15, 0.2) is 0 Å². The van der Waals surface area contributed by atoms with Crippen molar-refractivity contribution in [3.63, 3.8) is 0 Å². The Morgan fingerprint density at radius 1 is 0.966 bits per heavy atom. The Bertz CT molecular complexity index is 1100. The smallest absolute Gasteiger partial charge is 0.276 e. The summed E-state index contributed by atoms with van der Waals surface area (Å²) in [7, 11) is 2.14. The number of nitrogens with one attached hydrogen (secondary N) is 1. The quantitative estimate of drug-likeness (QED) is 0.569. The third kappa shape index (κ3) is 3.59. The summed E-state index contributed by atoms with van der Waals surface area (Å²) < 4.78 is 5.46. The summed E-state index contributed by atoms with van der Waals surface area (Å²) in [5.41, 5.74) is 3.02. The number of aromatic amines is 1. The highest BCUT2D eigenvalue weighted by Gasteiger charge is 2.18. The van der Waals surface area contributed by atoms with E-state index in [4.69, 9.17) is 4.52 Å². The second-order valence-electron chi connectivity index (χ2n) is 7.00. The van der Waals surface area contributed by atoms with Gasteiger partial charge in [-0.25, -0.2) is 4.98 Å². The lowest BCUT2D eigenvalue weighted by Crippen LogP contribution is -2.44. The van der Waals surface area contributed by atoms with Crippen molar-refractivity contribution in [2.45, 2.75) is 0 Å². The van der Waals surface area contributed by atoms with Crippen LogP contribution in [0.1, 0.15) is 0 Å². The Hall–Kier alpha value is -3.59. The van der Waals surface area contributed by atoms with Crippen molar-refractivity contribution in [3.8, 4) is 34.4 Å². The molecule has 1 aliphatic rings. The summed E-state index contributed by atoms with van der Waals surface area (Å²) in [6, 6.07) is 11.4. The Morgan fingerprint density at radius 2 is 1.86 bits per heavy atom. The van der Waals surface area contributed by atoms with Crippen LogP contribution in [0.4, 0.5) is 5.82 Å². The van der Waals surface area contributed by atoms with Gasteiger partial charge in [0, 0.05) is 44.1 Å². The van der Waals surface area contributed by atoms with Crippen molar-refractivity contribution in [2.24, 2.45) is 0 Å². The van der Waals surface area contributed by atoms with E-state index in [-0.39, 0.29) is 0 Å². The molecule has 1 N–H and O–H groups in total. The molecule has 1 saturated heterocycles. The standard InChI is InChI=1S/C20H20N8O/c1-27-8-10-28(11-9-27)18-12-14(5-7-22-18)19-23-20(29-26-19)17-13-16(24-25-17)15-4-2-3-6-21-15/h2-7,12-13H,8-11H2,1H3,(H,24,25). The molecule has 1 aliphatic heterocycles. The first-order valence-corrected chi connectivity index (χ1v) is 9.47. The molecule has 5 heterocycles. The van der Waals surface area contributed by atoms with Gasteiger partial charge in [-0.15, -0.1) is 0 Å². The summed E-state index contributed by atoms with van der Waals surface area (Å²) in [5.74, 6) is 1.83. The molecule has 9 nitrogen and oxygen atoms in total. The first-order valence-electron chi connectivity index (χ1n) is 9.47. The molecule has 29 heavy (non-hydrogen) atoms. The number of nitrogens with zero attached hydrogens (tertiary/aromatic N) is 7. The van der Waals surface area contributed by atoms with Gasteiger partial charge in [0.2, 0.25) is 5.82 Å². The average Bonchev–Trinajstić information content (AvgIpc) is 3.45. The molecule has 0 unspecified atom stereocenters. The van der Waals surface area contributed by atoms with E-state index in [9.17, 15) is 0 Å². The number of piperazine rings is 1. The molecule has 0 aromatic carbocycles. The molecule has 0 saturated carbocycles. The monoisotopic (exact) mass is 388 g/mol. The third-order valence-corrected chi connectivity index (χ3v) is 4.99. The minimum atomic E-state index is 0.382. The fourth-order valence-electron chi connectivity index (χ4n) is 3.29. The number of likely N-dealkylation sites (N-methyl/N-ethyl adjacent to an activating group) is 1. The summed E-state index contributed by atoms with van der Waals surface area (Å²) in [6.07, 6.45) is 3.52. The number of hydrogen-bond donors (Lipinski definition) is 1. The SMILES string of the molecule is CN1CCN(c2cc(-c3noc(-c4cc(-c5ccccn5)n[nH]4)n3)ccn2)CC1. The minimum absolute atomic E-state index is 0.382. The first-order chi connectivity index (χ1) is 14.3. The van der Waals surface area contributed by atoms with Crippen molar-refractivity contribution >= 4 is 5.82 Å². The highest BCUT2D eigenvalue weighted by atomic mass is 16.5. The van der Waals surface area contributed by atoms with E-state index < -0.39 is 0 Å². The van der Waals surface area contributed by atoms with Gasteiger partial charge in [0.1, 0.15) is 17.2 Å². The molecule has 0 aliphatic carbocycles. The fraction of sp³-hybridized carbons (Fsp3) is 0.250. The highest BCUT2D eigenvalue weighted by Crippen LogP contribution is 2.25. The van der Waals surface area contributed by atoms with Crippen LogP contribution >= 0.6 is 0 Å². The molecule has 0 bridgehead atoms. The third-order valence-electron chi connectivity index (χ3n) is 4.99.